The number of carbonyl (C=O) groups is 3. The minimum atomic E-state index is -4.67. The average Bonchev–Trinajstić information content (AvgIpc) is 3.18. The Labute approximate surface area is 230 Å². The van der Waals surface area contributed by atoms with Crippen LogP contribution in [0.3, 0.4) is 0 Å². The lowest BCUT2D eigenvalue weighted by Crippen LogP contribution is -2.59. The third-order valence-corrected chi connectivity index (χ3v) is 11.5. The fourth-order valence-corrected chi connectivity index (χ4v) is 9.76. The third kappa shape index (κ3) is 5.68. The Morgan fingerprint density at radius 3 is 2.13 bits per heavy atom. The maximum atomic E-state index is 12.9. The van der Waals surface area contributed by atoms with Crippen molar-refractivity contribution in [2.75, 3.05) is 0 Å². The number of Topliss-reactive ketones (excluding diaryl/α,β-unsaturated/α-hetero) is 1. The molecule has 4 fully saturated rings. The number of esters is 2. The van der Waals surface area contributed by atoms with E-state index in [2.05, 4.69) is 27.4 Å². The van der Waals surface area contributed by atoms with Gasteiger partial charge >= 0.3 is 18.1 Å². The Kier molecular flexibility index (Phi) is 8.37. The number of fused-ring (bicyclic) bond motifs is 5. The number of hydrogen-bond donors (Lipinski definition) is 0. The summed E-state index contributed by atoms with van der Waals surface area (Å²) in [5.74, 6) is 0.519. The highest BCUT2D eigenvalue weighted by Crippen LogP contribution is 2.68. The minimum Gasteiger partial charge on any atom is -0.463 e. The molecule has 0 aromatic carbocycles. The minimum absolute atomic E-state index is 0.00487. The number of allylic oxidation sites excluding steroid dienone is 1. The first kappa shape index (κ1) is 30.1. The highest BCUT2D eigenvalue weighted by Gasteiger charge is 2.63. The zero-order chi connectivity index (χ0) is 28.9. The number of rotatable bonds is 7. The van der Waals surface area contributed by atoms with E-state index in [1.54, 1.807) is 0 Å². The fourth-order valence-electron chi connectivity index (χ4n) is 9.76. The van der Waals surface area contributed by atoms with Crippen molar-refractivity contribution < 1.29 is 37.0 Å². The van der Waals surface area contributed by atoms with Crippen LogP contribution in [0.15, 0.2) is 12.2 Å². The summed E-state index contributed by atoms with van der Waals surface area (Å²) < 4.78 is 50.4. The lowest BCUT2D eigenvalue weighted by atomic mass is 9.43. The van der Waals surface area contributed by atoms with Gasteiger partial charge in [-0.1, -0.05) is 27.4 Å². The van der Waals surface area contributed by atoms with Gasteiger partial charge in [-0.3, -0.25) is 14.4 Å². The molecular weight excluding hydrogens is 509 g/mol. The van der Waals surface area contributed by atoms with Crippen LogP contribution < -0.4 is 0 Å². The lowest BCUT2D eigenvalue weighted by Gasteiger charge is -2.62. The van der Waals surface area contributed by atoms with E-state index in [0.29, 0.717) is 30.1 Å². The summed E-state index contributed by atoms with van der Waals surface area (Å²) in [5.41, 5.74) is -1.21. The van der Waals surface area contributed by atoms with E-state index in [1.165, 1.54) is 13.8 Å². The van der Waals surface area contributed by atoms with Gasteiger partial charge in [-0.05, 0) is 98.2 Å². The van der Waals surface area contributed by atoms with Crippen LogP contribution in [-0.4, -0.2) is 36.1 Å². The molecule has 4 rings (SSSR count). The summed E-state index contributed by atoms with van der Waals surface area (Å²) in [6.07, 6.45) is 2.76. The second-order valence-corrected chi connectivity index (χ2v) is 13.5. The van der Waals surface area contributed by atoms with E-state index in [-0.39, 0.29) is 53.2 Å². The van der Waals surface area contributed by atoms with E-state index < -0.39 is 17.5 Å². The van der Waals surface area contributed by atoms with Crippen molar-refractivity contribution in [2.24, 2.45) is 46.3 Å². The number of carbonyl (C=O) groups excluding carboxylic acids is 3. The molecule has 0 radical (unpaired) electrons. The fraction of sp³-hybridized carbons (Fsp3) is 0.839. The van der Waals surface area contributed by atoms with Crippen molar-refractivity contribution in [1.82, 2.24) is 0 Å². The summed E-state index contributed by atoms with van der Waals surface area (Å²) in [6, 6.07) is 0. The van der Waals surface area contributed by atoms with E-state index in [0.717, 1.165) is 51.4 Å². The van der Waals surface area contributed by atoms with Crippen molar-refractivity contribution >= 4 is 17.7 Å². The second kappa shape index (κ2) is 10.8. The van der Waals surface area contributed by atoms with Gasteiger partial charge in [0.2, 0.25) is 0 Å². The van der Waals surface area contributed by atoms with Gasteiger partial charge in [0.25, 0.3) is 0 Å². The zero-order valence-corrected chi connectivity index (χ0v) is 24.1. The number of ether oxygens (including phenoxy) is 2. The first-order chi connectivity index (χ1) is 18.1. The van der Waals surface area contributed by atoms with Crippen LogP contribution >= 0.6 is 0 Å². The van der Waals surface area contributed by atoms with Crippen LogP contribution in [0.5, 0.6) is 0 Å². The molecule has 39 heavy (non-hydrogen) atoms. The van der Waals surface area contributed by atoms with E-state index in [9.17, 15) is 27.6 Å². The Morgan fingerprint density at radius 2 is 1.51 bits per heavy atom. The first-order valence-corrected chi connectivity index (χ1v) is 14.7. The molecule has 0 aliphatic heterocycles. The molecule has 0 N–H and O–H groups in total. The van der Waals surface area contributed by atoms with E-state index >= 15 is 0 Å². The molecule has 0 unspecified atom stereocenters. The molecule has 0 heterocycles. The van der Waals surface area contributed by atoms with Gasteiger partial charge < -0.3 is 9.47 Å². The normalized spacial score (nSPS) is 40.5. The molecule has 4 aliphatic rings. The predicted octanol–water partition coefficient (Wildman–Crippen LogP) is 7.22. The quantitative estimate of drug-likeness (QED) is 0.245. The monoisotopic (exact) mass is 554 g/mol. The van der Waals surface area contributed by atoms with Gasteiger partial charge in [-0.2, -0.15) is 13.2 Å². The molecule has 0 spiro atoms. The van der Waals surface area contributed by atoms with Crippen molar-refractivity contribution in [2.45, 2.75) is 117 Å². The van der Waals surface area contributed by atoms with Gasteiger partial charge in [0, 0.05) is 26.2 Å². The summed E-state index contributed by atoms with van der Waals surface area (Å²) in [7, 11) is 0. The van der Waals surface area contributed by atoms with Gasteiger partial charge in [0.15, 0.2) is 5.78 Å². The topological polar surface area (TPSA) is 69.7 Å². The van der Waals surface area contributed by atoms with Crippen LogP contribution in [0, 0.1) is 46.3 Å². The van der Waals surface area contributed by atoms with E-state index in [4.69, 9.17) is 9.47 Å². The molecule has 0 saturated heterocycles. The zero-order valence-electron chi connectivity index (χ0n) is 24.1. The van der Waals surface area contributed by atoms with Crippen LogP contribution in [-0.2, 0) is 23.9 Å². The van der Waals surface area contributed by atoms with Gasteiger partial charge in [0.1, 0.15) is 12.2 Å². The Morgan fingerprint density at radius 1 is 0.897 bits per heavy atom. The van der Waals surface area contributed by atoms with Crippen LogP contribution in [0.1, 0.15) is 98.8 Å². The summed E-state index contributed by atoms with van der Waals surface area (Å²) >= 11 is 0. The van der Waals surface area contributed by atoms with Gasteiger partial charge in [-0.25, -0.2) is 0 Å². The molecule has 8 heteroatoms. The van der Waals surface area contributed by atoms with E-state index in [1.807, 2.05) is 0 Å². The Balaban J connectivity index is 1.51. The summed E-state index contributed by atoms with van der Waals surface area (Å²) in [4.78, 5) is 36.0. The second-order valence-electron chi connectivity index (χ2n) is 13.5. The van der Waals surface area contributed by atoms with Crippen molar-refractivity contribution in [3.63, 3.8) is 0 Å². The van der Waals surface area contributed by atoms with Gasteiger partial charge in [0.05, 0.1) is 5.57 Å². The lowest BCUT2D eigenvalue weighted by molar-refractivity contribution is -0.197. The third-order valence-electron chi connectivity index (χ3n) is 11.5. The summed E-state index contributed by atoms with van der Waals surface area (Å²) in [6.45, 7) is 12.7. The summed E-state index contributed by atoms with van der Waals surface area (Å²) in [5, 5.41) is 0. The largest absolute Gasteiger partial charge is 0.463 e. The average molecular weight is 555 g/mol. The van der Waals surface area contributed by atoms with Crippen LogP contribution in [0.25, 0.3) is 0 Å². The number of ketones is 1. The van der Waals surface area contributed by atoms with Crippen molar-refractivity contribution in [1.29, 1.82) is 0 Å². The molecule has 4 aliphatic carbocycles. The first-order valence-electron chi connectivity index (χ1n) is 14.7. The Bertz CT molecular complexity index is 991. The molecular formula is C31H45F3O5. The highest BCUT2D eigenvalue weighted by atomic mass is 19.4. The maximum Gasteiger partial charge on any atom is 0.419 e. The van der Waals surface area contributed by atoms with Crippen LogP contribution in [0.2, 0.25) is 0 Å². The number of hydrogen-bond acceptors (Lipinski definition) is 5. The standard InChI is InChI=1S/C31H45F3O5/c1-17(7-10-27(37)18(2)31(32,33)34)23-8-9-24-22-16-28(39-20(4)36)26-15-21(38-19(3)35)11-13-30(26,6)25(22)12-14-29(23,24)5/h17,21-26,28H,2,7-16H2,1,3-6H3/t17-,21-,22+,23-,24+,25+,26+,28+,29-,30-/m1/s1. The maximum absolute atomic E-state index is 12.9. The number of halogens is 3. The molecule has 0 aromatic rings. The molecule has 0 bridgehead atoms. The van der Waals surface area contributed by atoms with Gasteiger partial charge in [-0.15, -0.1) is 0 Å². The smallest absolute Gasteiger partial charge is 0.419 e. The van der Waals surface area contributed by atoms with Crippen molar-refractivity contribution in [3.8, 4) is 0 Å². The SMILES string of the molecule is C=C(C(=O)CC[C@@H](C)[C@H]1CC[C@H]2[C@@H]3C[C@H](OC(C)=O)[C@@H]4C[C@H](OC(C)=O)CC[C@]4(C)[C@H]3CC[C@]12C)C(F)(F)F. The molecule has 0 aromatic heterocycles. The molecule has 4 saturated carbocycles. The molecule has 10 atom stereocenters. The molecule has 220 valence electrons. The van der Waals surface area contributed by atoms with Crippen molar-refractivity contribution in [3.05, 3.63) is 12.2 Å². The number of alkyl halides is 3. The van der Waals surface area contributed by atoms with Crippen LogP contribution in [0.4, 0.5) is 13.2 Å². The predicted molar refractivity (Wildman–Crippen MR) is 140 cm³/mol. The highest BCUT2D eigenvalue weighted by molar-refractivity contribution is 5.95. The molecule has 5 nitrogen and oxygen atoms in total. The molecule has 0 amide bonds. The Hall–Kier alpha value is -1.86.